The van der Waals surface area contributed by atoms with E-state index in [2.05, 4.69) is 41.9 Å². The normalized spacial score (nSPS) is 10.4. The SMILES string of the molecule is COc1cccc(C[NH2+]Cc2ccc(SC)cc2)c1OC. The average Bonchev–Trinajstić information content (AvgIpc) is 2.55. The molecule has 3 nitrogen and oxygen atoms in total. The largest absolute Gasteiger partial charge is 0.493 e. The molecular formula is C17H22NO2S+. The van der Waals surface area contributed by atoms with E-state index in [-0.39, 0.29) is 0 Å². The molecule has 0 radical (unpaired) electrons. The van der Waals surface area contributed by atoms with E-state index in [4.69, 9.17) is 9.47 Å². The molecule has 0 spiro atoms. The summed E-state index contributed by atoms with van der Waals surface area (Å²) in [5, 5.41) is 2.27. The molecule has 0 heterocycles. The first-order valence-corrected chi connectivity index (χ1v) is 8.15. The Bertz CT molecular complexity index is 570. The average molecular weight is 304 g/mol. The van der Waals surface area contributed by atoms with Gasteiger partial charge in [0.2, 0.25) is 0 Å². The van der Waals surface area contributed by atoms with Crippen LogP contribution in [0.1, 0.15) is 11.1 Å². The summed E-state index contributed by atoms with van der Waals surface area (Å²) in [6.45, 7) is 1.82. The monoisotopic (exact) mass is 304 g/mol. The molecule has 4 heteroatoms. The predicted octanol–water partition coefficient (Wildman–Crippen LogP) is 2.69. The minimum atomic E-state index is 0.785. The van der Waals surface area contributed by atoms with Gasteiger partial charge in [0.25, 0.3) is 0 Å². The van der Waals surface area contributed by atoms with Gasteiger partial charge in [-0.15, -0.1) is 11.8 Å². The fourth-order valence-electron chi connectivity index (χ4n) is 2.27. The summed E-state index contributed by atoms with van der Waals surface area (Å²) in [4.78, 5) is 1.30. The van der Waals surface area contributed by atoms with Gasteiger partial charge in [-0.1, -0.05) is 18.2 Å². The van der Waals surface area contributed by atoms with Crippen molar-refractivity contribution in [3.8, 4) is 11.5 Å². The van der Waals surface area contributed by atoms with Crippen molar-refractivity contribution in [3.63, 3.8) is 0 Å². The molecule has 0 saturated carbocycles. The van der Waals surface area contributed by atoms with Crippen LogP contribution in [0.5, 0.6) is 11.5 Å². The zero-order valence-electron chi connectivity index (χ0n) is 12.8. The molecule has 2 aromatic carbocycles. The molecule has 0 aliphatic carbocycles. The molecule has 112 valence electrons. The molecule has 0 saturated heterocycles. The topological polar surface area (TPSA) is 35.1 Å². The quantitative estimate of drug-likeness (QED) is 0.799. The van der Waals surface area contributed by atoms with Crippen LogP contribution in [0, 0.1) is 0 Å². The molecule has 2 rings (SSSR count). The number of thioether (sulfide) groups is 1. The van der Waals surface area contributed by atoms with Crippen LogP contribution in [0.3, 0.4) is 0 Å². The smallest absolute Gasteiger partial charge is 0.169 e. The minimum Gasteiger partial charge on any atom is -0.493 e. The molecule has 2 aromatic rings. The van der Waals surface area contributed by atoms with Crippen molar-refractivity contribution in [3.05, 3.63) is 53.6 Å². The number of hydrogen-bond acceptors (Lipinski definition) is 3. The van der Waals surface area contributed by atoms with Crippen LogP contribution in [0.25, 0.3) is 0 Å². The van der Waals surface area contributed by atoms with Gasteiger partial charge in [-0.25, -0.2) is 0 Å². The Morgan fingerprint density at radius 2 is 1.71 bits per heavy atom. The van der Waals surface area contributed by atoms with Crippen molar-refractivity contribution in [2.45, 2.75) is 18.0 Å². The molecule has 0 aliphatic heterocycles. The molecule has 2 N–H and O–H groups in total. The van der Waals surface area contributed by atoms with Crippen molar-refractivity contribution in [2.24, 2.45) is 0 Å². The van der Waals surface area contributed by atoms with Gasteiger partial charge in [-0.05, 0) is 30.5 Å². The molecule has 0 atom stereocenters. The Hall–Kier alpha value is -1.65. The summed E-state index contributed by atoms with van der Waals surface area (Å²) >= 11 is 1.77. The minimum absolute atomic E-state index is 0.785. The zero-order chi connectivity index (χ0) is 15.1. The molecule has 0 aliphatic rings. The van der Waals surface area contributed by atoms with E-state index in [1.807, 2.05) is 12.1 Å². The maximum Gasteiger partial charge on any atom is 0.169 e. The van der Waals surface area contributed by atoms with E-state index >= 15 is 0 Å². The molecule has 0 fully saturated rings. The molecule has 0 unspecified atom stereocenters. The second-order valence-electron chi connectivity index (χ2n) is 4.70. The summed E-state index contributed by atoms with van der Waals surface area (Å²) < 4.78 is 10.8. The summed E-state index contributed by atoms with van der Waals surface area (Å²) in [6.07, 6.45) is 2.09. The lowest BCUT2D eigenvalue weighted by atomic mass is 10.1. The van der Waals surface area contributed by atoms with Gasteiger partial charge in [0.1, 0.15) is 13.1 Å². The molecule has 0 amide bonds. The molecule has 0 bridgehead atoms. The zero-order valence-corrected chi connectivity index (χ0v) is 13.6. The van der Waals surface area contributed by atoms with Crippen LogP contribution in [0.15, 0.2) is 47.4 Å². The van der Waals surface area contributed by atoms with Gasteiger partial charge in [0, 0.05) is 10.5 Å². The summed E-state index contributed by atoms with van der Waals surface area (Å²) in [5.41, 5.74) is 2.48. The number of quaternary nitrogens is 1. The van der Waals surface area contributed by atoms with Crippen LogP contribution in [-0.2, 0) is 13.1 Å². The van der Waals surface area contributed by atoms with E-state index in [9.17, 15) is 0 Å². The standard InChI is InChI=1S/C17H21NO2S/c1-19-16-6-4-5-14(17(16)20-2)12-18-11-13-7-9-15(21-3)10-8-13/h4-10,18H,11-12H2,1-3H3/p+1. The number of para-hydroxylation sites is 1. The van der Waals surface area contributed by atoms with Crippen molar-refractivity contribution in [1.82, 2.24) is 0 Å². The van der Waals surface area contributed by atoms with Gasteiger partial charge in [-0.3, -0.25) is 0 Å². The third-order valence-corrected chi connectivity index (χ3v) is 4.13. The predicted molar refractivity (Wildman–Crippen MR) is 87.1 cm³/mol. The third-order valence-electron chi connectivity index (χ3n) is 3.39. The van der Waals surface area contributed by atoms with Gasteiger partial charge < -0.3 is 14.8 Å². The van der Waals surface area contributed by atoms with Crippen molar-refractivity contribution >= 4 is 11.8 Å². The first kappa shape index (κ1) is 15.7. The lowest BCUT2D eigenvalue weighted by Gasteiger charge is -2.11. The van der Waals surface area contributed by atoms with E-state index in [0.717, 1.165) is 30.2 Å². The fraction of sp³-hybridized carbons (Fsp3) is 0.294. The highest BCUT2D eigenvalue weighted by Gasteiger charge is 2.10. The van der Waals surface area contributed by atoms with Crippen molar-refractivity contribution in [1.29, 1.82) is 0 Å². The van der Waals surface area contributed by atoms with Crippen LogP contribution >= 0.6 is 11.8 Å². The summed E-state index contributed by atoms with van der Waals surface area (Å²) in [5.74, 6) is 1.61. The van der Waals surface area contributed by atoms with E-state index in [0.29, 0.717) is 0 Å². The number of hydrogen-bond donors (Lipinski definition) is 1. The van der Waals surface area contributed by atoms with Crippen LogP contribution < -0.4 is 14.8 Å². The van der Waals surface area contributed by atoms with Crippen molar-refractivity contribution < 1.29 is 14.8 Å². The fourth-order valence-corrected chi connectivity index (χ4v) is 2.68. The Balaban J connectivity index is 1.96. The summed E-state index contributed by atoms with van der Waals surface area (Å²) in [7, 11) is 3.35. The van der Waals surface area contributed by atoms with E-state index in [1.165, 1.54) is 10.5 Å². The Morgan fingerprint density at radius 1 is 0.952 bits per heavy atom. The van der Waals surface area contributed by atoms with Crippen LogP contribution in [-0.4, -0.2) is 20.5 Å². The van der Waals surface area contributed by atoms with Crippen LogP contribution in [0.4, 0.5) is 0 Å². The maximum absolute atomic E-state index is 5.45. The van der Waals surface area contributed by atoms with E-state index in [1.54, 1.807) is 26.0 Å². The number of benzene rings is 2. The van der Waals surface area contributed by atoms with Gasteiger partial charge in [-0.2, -0.15) is 0 Å². The van der Waals surface area contributed by atoms with E-state index < -0.39 is 0 Å². The van der Waals surface area contributed by atoms with Gasteiger partial charge in [0.05, 0.1) is 19.8 Å². The second-order valence-corrected chi connectivity index (χ2v) is 5.58. The Labute approximate surface area is 130 Å². The highest BCUT2D eigenvalue weighted by molar-refractivity contribution is 7.98. The van der Waals surface area contributed by atoms with Crippen molar-refractivity contribution in [2.75, 3.05) is 20.5 Å². The lowest BCUT2D eigenvalue weighted by molar-refractivity contribution is -0.686. The Kier molecular flexibility index (Phi) is 5.96. The Morgan fingerprint density at radius 3 is 2.33 bits per heavy atom. The third kappa shape index (κ3) is 4.16. The maximum atomic E-state index is 5.45. The van der Waals surface area contributed by atoms with Gasteiger partial charge >= 0.3 is 0 Å². The first-order chi connectivity index (χ1) is 10.3. The highest BCUT2D eigenvalue weighted by atomic mass is 32.2. The molecular weight excluding hydrogens is 282 g/mol. The number of ether oxygens (including phenoxy) is 2. The lowest BCUT2D eigenvalue weighted by Crippen LogP contribution is -2.80. The first-order valence-electron chi connectivity index (χ1n) is 6.93. The highest BCUT2D eigenvalue weighted by Crippen LogP contribution is 2.29. The molecule has 21 heavy (non-hydrogen) atoms. The molecule has 0 aromatic heterocycles. The van der Waals surface area contributed by atoms with Crippen LogP contribution in [0.2, 0.25) is 0 Å². The van der Waals surface area contributed by atoms with Gasteiger partial charge in [0.15, 0.2) is 11.5 Å². The number of rotatable bonds is 7. The second kappa shape index (κ2) is 7.96. The summed E-state index contributed by atoms with van der Waals surface area (Å²) in [6, 6.07) is 14.7. The number of nitrogens with two attached hydrogens (primary N) is 1. The number of methoxy groups -OCH3 is 2.